The summed E-state index contributed by atoms with van der Waals surface area (Å²) < 4.78 is 71.3. The lowest BCUT2D eigenvalue weighted by Gasteiger charge is -2.40. The van der Waals surface area contributed by atoms with Crippen LogP contribution >= 0.6 is 0 Å². The summed E-state index contributed by atoms with van der Waals surface area (Å²) in [5, 5.41) is 0. The number of piperidine rings is 1. The molecule has 3 aromatic rings. The molecule has 2 heterocycles. The Hall–Kier alpha value is -3.60. The van der Waals surface area contributed by atoms with E-state index in [4.69, 9.17) is 4.74 Å². The van der Waals surface area contributed by atoms with Gasteiger partial charge in [0.05, 0.1) is 23.8 Å². The second-order valence-electron chi connectivity index (χ2n) is 9.29. The largest absolute Gasteiger partial charge is 0.494 e. The summed E-state index contributed by atoms with van der Waals surface area (Å²) in [6.45, 7) is 1.44. The number of carbonyl (C=O) groups excluding carboxylic acids is 1. The molecule has 1 saturated heterocycles. The smallest absolute Gasteiger partial charge is 0.270 e. The van der Waals surface area contributed by atoms with Crippen molar-refractivity contribution in [3.05, 3.63) is 77.9 Å². The zero-order valence-corrected chi connectivity index (χ0v) is 22.0. The first kappa shape index (κ1) is 27.4. The normalized spacial score (nSPS) is 14.8. The van der Waals surface area contributed by atoms with Crippen molar-refractivity contribution in [3.63, 3.8) is 0 Å². The van der Waals surface area contributed by atoms with Gasteiger partial charge in [0.25, 0.3) is 11.8 Å². The Labute approximate surface area is 219 Å². The molecular formula is C27H28F3N3O4S. The van der Waals surface area contributed by atoms with Crippen molar-refractivity contribution < 1.29 is 31.1 Å². The first-order valence-corrected chi connectivity index (χ1v) is 13.8. The fourth-order valence-corrected chi connectivity index (χ4v) is 5.55. The molecule has 0 atom stereocenters. The number of sulfone groups is 1. The number of amides is 1. The van der Waals surface area contributed by atoms with E-state index in [1.54, 1.807) is 30.6 Å². The number of hydrogen-bond acceptors (Lipinski definition) is 6. The van der Waals surface area contributed by atoms with Crippen LogP contribution in [0.15, 0.2) is 65.8 Å². The third-order valence-corrected chi connectivity index (χ3v) is 7.72. The standard InChI is InChI=1S/C27H28F3N3O4S/c1-27(29,30)18-4-7-20(8-5-18)33(23-17-31-13-10-24(23)37-2)21-11-14-32(15-12-21)26(34)22-9-6-19(28)16-25(22)38(3,35)36/h4-10,13,16-17,21H,11-12,14-15H2,1-3H3. The van der Waals surface area contributed by atoms with Gasteiger partial charge in [0.1, 0.15) is 17.3 Å². The number of nitrogens with zero attached hydrogens (tertiary/aromatic N) is 3. The Bertz CT molecular complexity index is 1420. The Morgan fingerprint density at radius 1 is 1.11 bits per heavy atom. The zero-order valence-electron chi connectivity index (χ0n) is 21.2. The number of ether oxygens (including phenoxy) is 1. The summed E-state index contributed by atoms with van der Waals surface area (Å²) in [5.41, 5.74) is 1.12. The van der Waals surface area contributed by atoms with Crippen molar-refractivity contribution in [2.75, 3.05) is 31.4 Å². The molecule has 0 N–H and O–H groups in total. The van der Waals surface area contributed by atoms with Crippen molar-refractivity contribution in [1.29, 1.82) is 0 Å². The number of likely N-dealkylation sites (tertiary alicyclic amines) is 1. The van der Waals surface area contributed by atoms with Gasteiger partial charge in [-0.3, -0.25) is 9.78 Å². The van der Waals surface area contributed by atoms with E-state index in [-0.39, 0.29) is 22.1 Å². The van der Waals surface area contributed by atoms with Gasteiger partial charge in [-0.15, -0.1) is 0 Å². The maximum Gasteiger partial charge on any atom is 0.270 e. The lowest BCUT2D eigenvalue weighted by Crippen LogP contribution is -2.45. The molecule has 0 aliphatic carbocycles. The minimum atomic E-state index is -3.83. The summed E-state index contributed by atoms with van der Waals surface area (Å²) in [6.07, 6.45) is 5.14. The number of methoxy groups -OCH3 is 1. The number of hydrogen-bond donors (Lipinski definition) is 0. The van der Waals surface area contributed by atoms with E-state index in [0.717, 1.165) is 25.3 Å². The highest BCUT2D eigenvalue weighted by atomic mass is 32.2. The molecule has 4 rings (SSSR count). The second-order valence-corrected chi connectivity index (χ2v) is 11.3. The number of anilines is 2. The van der Waals surface area contributed by atoms with Crippen LogP contribution in [0.5, 0.6) is 5.75 Å². The maximum absolute atomic E-state index is 13.8. The Morgan fingerprint density at radius 2 is 1.76 bits per heavy atom. The molecule has 202 valence electrons. The average Bonchev–Trinajstić information content (AvgIpc) is 2.88. The van der Waals surface area contributed by atoms with Gasteiger partial charge in [0.2, 0.25) is 0 Å². The predicted octanol–water partition coefficient (Wildman–Crippen LogP) is 5.19. The van der Waals surface area contributed by atoms with Gasteiger partial charge in [-0.05, 0) is 43.2 Å². The van der Waals surface area contributed by atoms with Gasteiger partial charge in [0, 0.05) is 55.8 Å². The van der Waals surface area contributed by atoms with Gasteiger partial charge in [-0.1, -0.05) is 12.1 Å². The first-order chi connectivity index (χ1) is 17.9. The number of rotatable bonds is 7. The number of alkyl halides is 2. The van der Waals surface area contributed by atoms with Crippen LogP contribution < -0.4 is 9.64 Å². The molecule has 7 nitrogen and oxygen atoms in total. The van der Waals surface area contributed by atoms with Crippen LogP contribution in [0.3, 0.4) is 0 Å². The van der Waals surface area contributed by atoms with Crippen LogP contribution in [0.1, 0.15) is 35.7 Å². The number of aromatic nitrogens is 1. The highest BCUT2D eigenvalue weighted by Crippen LogP contribution is 2.39. The van der Waals surface area contributed by atoms with Crippen LogP contribution in [0.2, 0.25) is 0 Å². The van der Waals surface area contributed by atoms with Gasteiger partial charge < -0.3 is 14.5 Å². The van der Waals surface area contributed by atoms with Crippen LogP contribution in [0.25, 0.3) is 0 Å². The van der Waals surface area contributed by atoms with Crippen LogP contribution in [-0.4, -0.2) is 56.7 Å². The molecule has 0 saturated carbocycles. The average molecular weight is 548 g/mol. The molecule has 38 heavy (non-hydrogen) atoms. The monoisotopic (exact) mass is 547 g/mol. The van der Waals surface area contributed by atoms with Crippen LogP contribution in [0.4, 0.5) is 24.5 Å². The zero-order chi connectivity index (χ0) is 27.7. The fourth-order valence-electron chi connectivity index (χ4n) is 4.67. The van der Waals surface area contributed by atoms with Gasteiger partial charge in [0.15, 0.2) is 9.84 Å². The predicted molar refractivity (Wildman–Crippen MR) is 137 cm³/mol. The van der Waals surface area contributed by atoms with Crippen LogP contribution in [0, 0.1) is 5.82 Å². The molecule has 1 amide bonds. The van der Waals surface area contributed by atoms with Gasteiger partial charge in [-0.25, -0.2) is 21.6 Å². The number of benzene rings is 2. The molecule has 0 unspecified atom stereocenters. The quantitative estimate of drug-likeness (QED) is 0.405. The van der Waals surface area contributed by atoms with Crippen molar-refractivity contribution in [2.45, 2.75) is 36.6 Å². The third kappa shape index (κ3) is 5.77. The number of pyridine rings is 1. The van der Waals surface area contributed by atoms with Crippen molar-refractivity contribution >= 4 is 27.1 Å². The third-order valence-electron chi connectivity index (χ3n) is 6.58. The SMILES string of the molecule is COc1ccncc1N(c1ccc(C(C)(F)F)cc1)C1CCN(C(=O)c2ccc(F)cc2S(C)(=O)=O)CC1. The van der Waals surface area contributed by atoms with Crippen LogP contribution in [-0.2, 0) is 15.8 Å². The Kier molecular flexibility index (Phi) is 7.68. The number of carbonyl (C=O) groups is 1. The minimum absolute atomic E-state index is 0.0748. The number of halogens is 3. The van der Waals surface area contributed by atoms with Crippen molar-refractivity contribution in [3.8, 4) is 5.75 Å². The van der Waals surface area contributed by atoms with Gasteiger partial charge >= 0.3 is 0 Å². The molecule has 2 aromatic carbocycles. The summed E-state index contributed by atoms with van der Waals surface area (Å²) in [5.74, 6) is -3.67. The molecule has 1 fully saturated rings. The van der Waals surface area contributed by atoms with Gasteiger partial charge in [-0.2, -0.15) is 0 Å². The van der Waals surface area contributed by atoms with E-state index in [0.29, 0.717) is 43.1 Å². The lowest BCUT2D eigenvalue weighted by molar-refractivity contribution is 0.0175. The minimum Gasteiger partial charge on any atom is -0.494 e. The summed E-state index contributed by atoms with van der Waals surface area (Å²) in [6, 6.07) is 10.7. The van der Waals surface area contributed by atoms with E-state index < -0.39 is 27.5 Å². The second kappa shape index (κ2) is 10.6. The highest BCUT2D eigenvalue weighted by Gasteiger charge is 2.32. The molecule has 1 aliphatic heterocycles. The first-order valence-electron chi connectivity index (χ1n) is 11.9. The molecular weight excluding hydrogens is 519 g/mol. The van der Waals surface area contributed by atoms with E-state index in [2.05, 4.69) is 4.98 Å². The van der Waals surface area contributed by atoms with E-state index >= 15 is 0 Å². The lowest BCUT2D eigenvalue weighted by atomic mass is 9.99. The Balaban J connectivity index is 1.62. The summed E-state index contributed by atoms with van der Waals surface area (Å²) in [4.78, 5) is 20.6. The fraction of sp³-hybridized carbons (Fsp3) is 0.333. The summed E-state index contributed by atoms with van der Waals surface area (Å²) >= 11 is 0. The van der Waals surface area contributed by atoms with Crippen molar-refractivity contribution in [1.82, 2.24) is 9.88 Å². The molecule has 1 aromatic heterocycles. The molecule has 0 spiro atoms. The summed E-state index contributed by atoms with van der Waals surface area (Å²) in [7, 11) is -2.30. The molecule has 11 heteroatoms. The topological polar surface area (TPSA) is 79.8 Å². The van der Waals surface area contributed by atoms with E-state index in [1.165, 1.54) is 30.2 Å². The maximum atomic E-state index is 13.8. The van der Waals surface area contributed by atoms with Crippen molar-refractivity contribution in [2.24, 2.45) is 0 Å². The molecule has 0 bridgehead atoms. The van der Waals surface area contributed by atoms with E-state index in [9.17, 15) is 26.4 Å². The van der Waals surface area contributed by atoms with E-state index in [1.807, 2.05) is 4.90 Å². The molecule has 0 radical (unpaired) electrons. The molecule has 1 aliphatic rings. The Morgan fingerprint density at radius 3 is 2.34 bits per heavy atom. The highest BCUT2D eigenvalue weighted by molar-refractivity contribution is 7.90.